The lowest BCUT2D eigenvalue weighted by atomic mass is 9.98. The van der Waals surface area contributed by atoms with Crippen LogP contribution in [-0.2, 0) is 9.53 Å². The lowest BCUT2D eigenvalue weighted by Gasteiger charge is -2.25. The predicted molar refractivity (Wildman–Crippen MR) is 87.7 cm³/mol. The van der Waals surface area contributed by atoms with Crippen molar-refractivity contribution in [2.75, 3.05) is 11.9 Å². The molecule has 3 rings (SSSR count). The third-order valence-corrected chi connectivity index (χ3v) is 4.28. The number of fused-ring (bicyclic) bond motifs is 1. The fraction of sp³-hybridized carbons (Fsp3) is 0.467. The molecule has 2 aromatic rings. The molecule has 3 heterocycles. The van der Waals surface area contributed by atoms with Crippen molar-refractivity contribution in [2.24, 2.45) is 5.16 Å². The van der Waals surface area contributed by atoms with Gasteiger partial charge >= 0.3 is 0 Å². The van der Waals surface area contributed by atoms with E-state index in [0.29, 0.717) is 10.9 Å². The highest BCUT2D eigenvalue weighted by Gasteiger charge is 2.55. The van der Waals surface area contributed by atoms with Gasteiger partial charge in [0.05, 0.1) is 18.2 Å². The van der Waals surface area contributed by atoms with E-state index in [1.807, 2.05) is 0 Å². The van der Waals surface area contributed by atoms with E-state index in [4.69, 9.17) is 9.94 Å². The summed E-state index contributed by atoms with van der Waals surface area (Å²) in [6.45, 7) is 1.89. The number of ether oxygens (including phenoxy) is 1. The maximum atomic E-state index is 15.1. The van der Waals surface area contributed by atoms with Crippen molar-refractivity contribution < 1.29 is 29.3 Å². The average molecular weight is 367 g/mol. The summed E-state index contributed by atoms with van der Waals surface area (Å²) in [4.78, 5) is 19.5. The Morgan fingerprint density at radius 1 is 1.58 bits per heavy atom. The van der Waals surface area contributed by atoms with Gasteiger partial charge in [-0.25, -0.2) is 14.4 Å². The molecule has 4 N–H and O–H groups in total. The zero-order chi connectivity index (χ0) is 19.1. The number of alkyl halides is 1. The third-order valence-electron chi connectivity index (χ3n) is 4.28. The van der Waals surface area contributed by atoms with Crippen LogP contribution in [0.5, 0.6) is 0 Å². The topological polar surface area (TPSA) is 142 Å². The van der Waals surface area contributed by atoms with Crippen LogP contribution >= 0.6 is 0 Å². The molecule has 26 heavy (non-hydrogen) atoms. The molecule has 0 spiro atoms. The van der Waals surface area contributed by atoms with Gasteiger partial charge in [-0.15, -0.1) is 0 Å². The van der Waals surface area contributed by atoms with E-state index in [1.165, 1.54) is 24.0 Å². The molecule has 0 radical (unpaired) electrons. The molecule has 140 valence electrons. The predicted octanol–water partition coefficient (Wildman–Crippen LogP) is 0.177. The highest BCUT2D eigenvalue weighted by molar-refractivity contribution is 6.06. The molecule has 0 saturated carbocycles. The average Bonchev–Trinajstić information content (AvgIpc) is 3.04. The molecular weight excluding hydrogens is 349 g/mol. The van der Waals surface area contributed by atoms with Crippen molar-refractivity contribution in [3.05, 3.63) is 18.1 Å². The van der Waals surface area contributed by atoms with Crippen LogP contribution in [0.3, 0.4) is 0 Å². The summed E-state index contributed by atoms with van der Waals surface area (Å²) in [7, 11) is 0. The fourth-order valence-electron chi connectivity index (χ4n) is 3.08. The van der Waals surface area contributed by atoms with Gasteiger partial charge in [-0.2, -0.15) is 0 Å². The number of carbonyl (C=O) groups excluding carboxylic acids is 1. The quantitative estimate of drug-likeness (QED) is 0.343. The molecule has 0 aliphatic carbocycles. The molecule has 0 bridgehead atoms. The number of rotatable bonds is 4. The van der Waals surface area contributed by atoms with E-state index in [0.717, 1.165) is 13.1 Å². The molecule has 4 atom stereocenters. The van der Waals surface area contributed by atoms with Crippen molar-refractivity contribution in [3.8, 4) is 0 Å². The van der Waals surface area contributed by atoms with Gasteiger partial charge < -0.3 is 30.0 Å². The normalized spacial score (nSPS) is 28.9. The van der Waals surface area contributed by atoms with E-state index in [9.17, 15) is 15.0 Å². The van der Waals surface area contributed by atoms with Crippen LogP contribution < -0.4 is 5.32 Å². The summed E-state index contributed by atoms with van der Waals surface area (Å²) in [5.74, 6) is -0.234. The number of anilines is 1. The minimum absolute atomic E-state index is 0.147. The number of hydrogen-bond acceptors (Lipinski definition) is 8. The summed E-state index contributed by atoms with van der Waals surface area (Å²) in [6.07, 6.45) is -0.315. The molecular formula is C15H18FN5O5. The number of hydrogen-bond donors (Lipinski definition) is 4. The molecule has 4 unspecified atom stereocenters. The number of carbonyl (C=O) groups is 1. The molecule has 10 nitrogen and oxygen atoms in total. The number of amides is 1. The third kappa shape index (κ3) is 2.79. The van der Waals surface area contributed by atoms with Gasteiger partial charge in [-0.05, 0) is 6.92 Å². The van der Waals surface area contributed by atoms with Crippen LogP contribution in [0.15, 0.2) is 17.7 Å². The standard InChI is InChI=1S/C15H18FN5O5/c1-7(23)20-12-10-8(3-19-25)4-21(13(10)18-6-17-12)14-15(2,16)11(24)9(5-22)26-14/h3-4,6,9,11,14,22,24-25H,5H2,1-2H3,(H,17,18,20,23)/b19-3-. The highest BCUT2D eigenvalue weighted by atomic mass is 19.1. The number of aliphatic hydroxyl groups excluding tert-OH is 2. The number of aromatic nitrogens is 3. The van der Waals surface area contributed by atoms with Crippen LogP contribution in [-0.4, -0.2) is 66.6 Å². The molecule has 0 aromatic carbocycles. The van der Waals surface area contributed by atoms with Crippen LogP contribution in [0.1, 0.15) is 25.6 Å². The zero-order valence-corrected chi connectivity index (χ0v) is 14.0. The summed E-state index contributed by atoms with van der Waals surface area (Å²) in [5.41, 5.74) is -1.74. The van der Waals surface area contributed by atoms with Gasteiger partial charge in [-0.3, -0.25) is 4.79 Å². The van der Waals surface area contributed by atoms with Crippen LogP contribution in [0.25, 0.3) is 11.0 Å². The number of halogens is 1. The molecule has 1 amide bonds. The summed E-state index contributed by atoms with van der Waals surface area (Å²) >= 11 is 0. The van der Waals surface area contributed by atoms with Gasteiger partial charge in [0.1, 0.15) is 30.0 Å². The molecule has 11 heteroatoms. The Hall–Kier alpha value is -2.63. The summed E-state index contributed by atoms with van der Waals surface area (Å²) < 4.78 is 21.9. The van der Waals surface area contributed by atoms with Gasteiger partial charge in [0, 0.05) is 18.7 Å². The zero-order valence-electron chi connectivity index (χ0n) is 14.0. The van der Waals surface area contributed by atoms with Crippen molar-refractivity contribution in [3.63, 3.8) is 0 Å². The first-order valence-electron chi connectivity index (χ1n) is 7.75. The van der Waals surface area contributed by atoms with Gasteiger partial charge in [0.15, 0.2) is 11.9 Å². The van der Waals surface area contributed by atoms with Gasteiger partial charge in [0.2, 0.25) is 5.91 Å². The monoisotopic (exact) mass is 367 g/mol. The first kappa shape index (κ1) is 18.2. The SMILES string of the molecule is CC(=O)Nc1ncnc2c1c(/C=N\O)cn2C1OC(CO)C(O)C1(C)F. The molecule has 1 saturated heterocycles. The second kappa shape index (κ2) is 6.59. The van der Waals surface area contributed by atoms with Crippen LogP contribution in [0.2, 0.25) is 0 Å². The molecule has 1 fully saturated rings. The van der Waals surface area contributed by atoms with Crippen molar-refractivity contribution in [2.45, 2.75) is 38.0 Å². The van der Waals surface area contributed by atoms with E-state index < -0.39 is 30.7 Å². The Labute approximate surface area is 146 Å². The largest absolute Gasteiger partial charge is 0.411 e. The number of nitrogens with zero attached hydrogens (tertiary/aromatic N) is 4. The maximum Gasteiger partial charge on any atom is 0.222 e. The van der Waals surface area contributed by atoms with Crippen molar-refractivity contribution in [1.82, 2.24) is 14.5 Å². The summed E-state index contributed by atoms with van der Waals surface area (Å²) in [6, 6.07) is 0. The van der Waals surface area contributed by atoms with E-state index >= 15 is 4.39 Å². The lowest BCUT2D eigenvalue weighted by molar-refractivity contribution is -0.114. The van der Waals surface area contributed by atoms with Crippen LogP contribution in [0.4, 0.5) is 10.2 Å². The Bertz CT molecular complexity index is 867. The van der Waals surface area contributed by atoms with E-state index in [2.05, 4.69) is 20.4 Å². The molecule has 2 aromatic heterocycles. The minimum Gasteiger partial charge on any atom is -0.411 e. The second-order valence-corrected chi connectivity index (χ2v) is 6.14. The lowest BCUT2D eigenvalue weighted by Crippen LogP contribution is -2.40. The Balaban J connectivity index is 2.20. The first-order chi connectivity index (χ1) is 12.3. The Morgan fingerprint density at radius 2 is 2.31 bits per heavy atom. The Kier molecular flexibility index (Phi) is 4.61. The number of nitrogens with one attached hydrogen (secondary N) is 1. The molecule has 1 aliphatic rings. The van der Waals surface area contributed by atoms with E-state index in [1.54, 1.807) is 0 Å². The Morgan fingerprint density at radius 3 is 2.88 bits per heavy atom. The second-order valence-electron chi connectivity index (χ2n) is 6.14. The van der Waals surface area contributed by atoms with Crippen molar-refractivity contribution in [1.29, 1.82) is 0 Å². The van der Waals surface area contributed by atoms with Crippen LogP contribution in [0, 0.1) is 0 Å². The number of oxime groups is 1. The van der Waals surface area contributed by atoms with E-state index in [-0.39, 0.29) is 17.4 Å². The molecule has 1 aliphatic heterocycles. The first-order valence-corrected chi connectivity index (χ1v) is 7.75. The maximum absolute atomic E-state index is 15.1. The number of aliphatic hydroxyl groups is 2. The van der Waals surface area contributed by atoms with Gasteiger partial charge in [0.25, 0.3) is 0 Å². The van der Waals surface area contributed by atoms with Crippen molar-refractivity contribution >= 4 is 29.0 Å². The van der Waals surface area contributed by atoms with Gasteiger partial charge in [-0.1, -0.05) is 5.16 Å². The fourth-order valence-corrected chi connectivity index (χ4v) is 3.08. The summed E-state index contributed by atoms with van der Waals surface area (Å²) in [5, 5.41) is 34.1. The smallest absolute Gasteiger partial charge is 0.222 e. The minimum atomic E-state index is -2.23. The highest BCUT2D eigenvalue weighted by Crippen LogP contribution is 2.43.